The first-order valence-corrected chi connectivity index (χ1v) is 25.9. The maximum Gasteiger partial charge on any atom is 0.417 e. The average molecular weight is 1110 g/mol. The van der Waals surface area contributed by atoms with Gasteiger partial charge >= 0.3 is 6.18 Å². The fraction of sp³-hybridized carbons (Fsp3) is 0.0141. The number of nitrogens with zero attached hydrogens (tertiary/aromatic N) is 12. The summed E-state index contributed by atoms with van der Waals surface area (Å²) in [6.07, 6.45) is -5.03. The predicted molar refractivity (Wildman–Crippen MR) is 319 cm³/mol. The Kier molecular flexibility index (Phi) is 12.9. The number of hydrogen-bond acceptors (Lipinski definition) is 7. The van der Waals surface area contributed by atoms with E-state index in [-0.39, 0.29) is 72.9 Å². The average Bonchev–Trinajstić information content (AvgIpc) is 1.75. The highest BCUT2D eigenvalue weighted by Crippen LogP contribution is 2.47. The Bertz CT molecular complexity index is 5230. The highest BCUT2D eigenvalue weighted by Gasteiger charge is 2.35. The van der Waals surface area contributed by atoms with E-state index in [2.05, 4.69) is 51.0 Å². The second-order valence-electron chi connectivity index (χ2n) is 19.8. The smallest absolute Gasteiger partial charge is 0.307 e. The third-order valence-corrected chi connectivity index (χ3v) is 15.3. The van der Waals surface area contributed by atoms with Crippen LogP contribution in [0.5, 0.6) is 0 Å². The van der Waals surface area contributed by atoms with Crippen LogP contribution in [0, 0.1) is 99.0 Å². The Hall–Kier alpha value is -13.5. The summed E-state index contributed by atoms with van der Waals surface area (Å²) in [5.74, 6) is 0. The molecule has 0 unspecified atom stereocenters. The quantitative estimate of drug-likeness (QED) is 0.142. The van der Waals surface area contributed by atoms with Crippen LogP contribution in [0.15, 0.2) is 176 Å². The molecule has 10 aromatic carbocycles. The lowest BCUT2D eigenvalue weighted by Crippen LogP contribution is -2.10. The summed E-state index contributed by atoms with van der Waals surface area (Å²) in [4.78, 5) is 10.8. The molecule has 0 fully saturated rings. The van der Waals surface area contributed by atoms with E-state index in [0.717, 1.165) is 12.1 Å². The number of alkyl halides is 3. The maximum absolute atomic E-state index is 15.6. The number of rotatable bonds is 7. The fourth-order valence-electron chi connectivity index (χ4n) is 11.3. The van der Waals surface area contributed by atoms with Gasteiger partial charge in [0.2, 0.25) is 0 Å². The molecule has 15 heteroatoms. The van der Waals surface area contributed by atoms with Crippen LogP contribution in [-0.2, 0) is 6.18 Å². The molecule has 0 aliphatic rings. The zero-order valence-corrected chi connectivity index (χ0v) is 44.2. The van der Waals surface area contributed by atoms with Gasteiger partial charge in [-0.1, -0.05) is 91.0 Å². The van der Waals surface area contributed by atoms with Crippen molar-refractivity contribution in [3.8, 4) is 109 Å². The lowest BCUT2D eigenvalue weighted by atomic mass is 9.92. The molecule has 0 N–H and O–H groups in total. The number of halogens is 3. The van der Waals surface area contributed by atoms with Gasteiger partial charge in [-0.3, -0.25) is 0 Å². The summed E-state index contributed by atoms with van der Waals surface area (Å²) in [7, 11) is 0. The van der Waals surface area contributed by atoms with E-state index in [1.807, 2.05) is 81.9 Å². The van der Waals surface area contributed by atoms with Crippen molar-refractivity contribution >= 4 is 60.7 Å². The molecule has 2 aromatic heterocycles. The number of nitriles is 7. The fourth-order valence-corrected chi connectivity index (χ4v) is 11.3. The minimum Gasteiger partial charge on any atom is -0.307 e. The Morgan fingerprint density at radius 3 is 1.09 bits per heavy atom. The van der Waals surface area contributed by atoms with Crippen LogP contribution in [-0.4, -0.2) is 9.13 Å². The summed E-state index contributed by atoms with van der Waals surface area (Å²) in [5, 5.41) is 75.0. The number of fused-ring (bicyclic) bond motifs is 6. The van der Waals surface area contributed by atoms with Crippen molar-refractivity contribution < 1.29 is 13.2 Å². The van der Waals surface area contributed by atoms with E-state index in [0.29, 0.717) is 88.1 Å². The minimum atomic E-state index is -5.03. The lowest BCUT2D eigenvalue weighted by molar-refractivity contribution is -0.137. The largest absolute Gasteiger partial charge is 0.417 e. The number of aromatic nitrogens is 2. The number of benzene rings is 10. The molecule has 86 heavy (non-hydrogen) atoms. The van der Waals surface area contributed by atoms with E-state index in [4.69, 9.17) is 19.7 Å². The molecule has 12 aromatic rings. The standard InChI is InChI=1S/C71H29F3N12/c1-82-51-11-20-54(48(25-51)37-79)44-8-17-59-58-16-7-43(53-13-4-40(33-75)22-47(53)36-78)27-65(58)85(66(59)28-44)69-31-50(39-81)62(57-15-6-41(34-76)23-63(57)71(72,73)74)32-70(69)86-67-29-45(55-21-12-52(83-2)26-49(55)38-80)9-18-60(67)61-19-10-46(30-68(61)86)56-14-5-42(35-77)24-64(56)84-3/h4-32H. The first-order valence-electron chi connectivity index (χ1n) is 25.9. The van der Waals surface area contributed by atoms with Gasteiger partial charge in [0.15, 0.2) is 17.1 Å². The molecule has 0 aliphatic carbocycles. The van der Waals surface area contributed by atoms with Gasteiger partial charge in [-0.05, 0) is 135 Å². The van der Waals surface area contributed by atoms with Crippen LogP contribution in [0.25, 0.3) is 125 Å². The van der Waals surface area contributed by atoms with Crippen LogP contribution in [0.3, 0.4) is 0 Å². The van der Waals surface area contributed by atoms with Crippen molar-refractivity contribution in [1.29, 1.82) is 36.8 Å². The van der Waals surface area contributed by atoms with Crippen molar-refractivity contribution in [3.63, 3.8) is 0 Å². The summed E-state index contributed by atoms with van der Waals surface area (Å²) in [5.41, 5.74) is 5.86. The second kappa shape index (κ2) is 20.9. The van der Waals surface area contributed by atoms with Crippen molar-refractivity contribution in [1.82, 2.24) is 9.13 Å². The van der Waals surface area contributed by atoms with Gasteiger partial charge in [0.05, 0.1) is 123 Å². The highest BCUT2D eigenvalue weighted by atomic mass is 19.4. The highest BCUT2D eigenvalue weighted by molar-refractivity contribution is 6.14. The molecule has 12 rings (SSSR count). The molecular formula is C71H29F3N12. The predicted octanol–water partition coefficient (Wildman–Crippen LogP) is 18.0. The molecule has 0 spiro atoms. The molecule has 0 atom stereocenters. The van der Waals surface area contributed by atoms with Crippen LogP contribution < -0.4 is 0 Å². The Balaban J connectivity index is 1.30. The molecule has 394 valence electrons. The van der Waals surface area contributed by atoms with E-state index in [1.54, 1.807) is 54.6 Å². The first kappa shape index (κ1) is 53.1. The lowest BCUT2D eigenvalue weighted by Gasteiger charge is -2.21. The minimum absolute atomic E-state index is 0.161. The topological polar surface area (TPSA) is 189 Å². The van der Waals surface area contributed by atoms with Gasteiger partial charge in [0, 0.05) is 43.8 Å². The van der Waals surface area contributed by atoms with E-state index in [1.165, 1.54) is 42.5 Å². The van der Waals surface area contributed by atoms with Crippen molar-refractivity contribution in [2.45, 2.75) is 6.18 Å². The first-order chi connectivity index (χ1) is 41.8. The summed E-state index contributed by atoms with van der Waals surface area (Å²) < 4.78 is 50.4. The normalized spacial score (nSPS) is 10.8. The van der Waals surface area contributed by atoms with Crippen molar-refractivity contribution in [3.05, 3.63) is 255 Å². The molecule has 0 bridgehead atoms. The summed E-state index contributed by atoms with van der Waals surface area (Å²) in [6.45, 7) is 23.5. The van der Waals surface area contributed by atoms with Crippen molar-refractivity contribution in [2.24, 2.45) is 0 Å². The summed E-state index contributed by atoms with van der Waals surface area (Å²) in [6, 6.07) is 61.9. The Morgan fingerprint density at radius 2 is 0.686 bits per heavy atom. The maximum atomic E-state index is 15.6. The third kappa shape index (κ3) is 8.73. The molecule has 0 aliphatic heterocycles. The molecule has 2 heterocycles. The van der Waals surface area contributed by atoms with Gasteiger partial charge in [0.25, 0.3) is 0 Å². The van der Waals surface area contributed by atoms with Crippen LogP contribution in [0.1, 0.15) is 44.5 Å². The third-order valence-electron chi connectivity index (χ3n) is 15.3. The van der Waals surface area contributed by atoms with Crippen LogP contribution in [0.2, 0.25) is 0 Å². The monoisotopic (exact) mass is 1110 g/mol. The van der Waals surface area contributed by atoms with E-state index >= 15 is 13.2 Å². The van der Waals surface area contributed by atoms with Gasteiger partial charge in [-0.2, -0.15) is 50.0 Å². The zero-order chi connectivity index (χ0) is 60.1. The van der Waals surface area contributed by atoms with Crippen LogP contribution in [0.4, 0.5) is 30.2 Å². The van der Waals surface area contributed by atoms with Crippen LogP contribution >= 0.6 is 0 Å². The summed E-state index contributed by atoms with van der Waals surface area (Å²) >= 11 is 0. The van der Waals surface area contributed by atoms with E-state index in [9.17, 15) is 36.8 Å². The molecule has 0 saturated heterocycles. The molecule has 0 saturated carbocycles. The zero-order valence-electron chi connectivity index (χ0n) is 44.2. The molecule has 12 nitrogen and oxygen atoms in total. The SMILES string of the molecule is [C-]#[N+]c1ccc(-c2ccc3c4ccc(-c5ccc(C#N)cc5C#N)cc4n(-c4cc(C#N)c(-c5ccc(C#N)cc5C(F)(F)F)cc4-n4c5cc(-c6ccc([N+]#[C-])cc6C#N)ccc5c5ccc(-c6ccc(C#N)cc6[N+]#[C-])cc54)c3c2)c(C#N)c1. The second-order valence-corrected chi connectivity index (χ2v) is 19.8. The van der Waals surface area contributed by atoms with Gasteiger partial charge in [-0.15, -0.1) is 0 Å². The van der Waals surface area contributed by atoms with E-state index < -0.39 is 17.3 Å². The van der Waals surface area contributed by atoms with Crippen molar-refractivity contribution in [2.75, 3.05) is 0 Å². The Morgan fingerprint density at radius 1 is 0.326 bits per heavy atom. The Labute approximate surface area is 487 Å². The number of hydrogen-bond donors (Lipinski definition) is 0. The molecule has 0 radical (unpaired) electrons. The van der Waals surface area contributed by atoms with Gasteiger partial charge in [-0.25, -0.2) is 14.5 Å². The molecular weight excluding hydrogens is 1080 g/mol. The van der Waals surface area contributed by atoms with Gasteiger partial charge in [0.1, 0.15) is 0 Å². The molecule has 0 amide bonds. The van der Waals surface area contributed by atoms with Gasteiger partial charge < -0.3 is 9.13 Å².